The van der Waals surface area contributed by atoms with E-state index in [1.807, 2.05) is 60.7 Å². The molecule has 3 aromatic rings. The SMILES string of the molecule is Cl.Cl.N=C(N)NCCCCCNc1nc(/C=C/c2ccc(Cl)cc2)nc2ccccc12. The molecule has 1 aromatic heterocycles. The molecule has 9 heteroatoms. The second-order valence-electron chi connectivity index (χ2n) is 6.66. The summed E-state index contributed by atoms with van der Waals surface area (Å²) in [6, 6.07) is 15.6. The molecule has 0 atom stereocenters. The van der Waals surface area contributed by atoms with E-state index in [4.69, 9.17) is 27.7 Å². The zero-order valence-electron chi connectivity index (χ0n) is 17.0. The van der Waals surface area contributed by atoms with Crippen molar-refractivity contribution in [3.63, 3.8) is 0 Å². The predicted molar refractivity (Wildman–Crippen MR) is 137 cm³/mol. The highest BCUT2D eigenvalue weighted by Gasteiger charge is 2.05. The molecule has 31 heavy (non-hydrogen) atoms. The van der Waals surface area contributed by atoms with Crippen LogP contribution in [0.25, 0.3) is 23.1 Å². The van der Waals surface area contributed by atoms with Gasteiger partial charge in [-0.25, -0.2) is 9.97 Å². The number of guanidine groups is 1. The summed E-state index contributed by atoms with van der Waals surface area (Å²) in [7, 11) is 0. The number of rotatable bonds is 9. The van der Waals surface area contributed by atoms with Gasteiger partial charge >= 0.3 is 0 Å². The van der Waals surface area contributed by atoms with Gasteiger partial charge in [-0.05, 0) is 55.2 Å². The Hall–Kier alpha value is -2.54. The van der Waals surface area contributed by atoms with Crippen molar-refractivity contribution in [3.8, 4) is 0 Å². The lowest BCUT2D eigenvalue weighted by molar-refractivity contribution is 0.677. The number of hydrogen-bond donors (Lipinski definition) is 4. The van der Waals surface area contributed by atoms with Crippen LogP contribution in [-0.4, -0.2) is 29.0 Å². The molecule has 3 rings (SSSR count). The fourth-order valence-electron chi connectivity index (χ4n) is 2.91. The zero-order valence-corrected chi connectivity index (χ0v) is 19.4. The minimum atomic E-state index is 0. The molecule has 0 bridgehead atoms. The number of para-hydroxylation sites is 1. The molecule has 0 fully saturated rings. The molecule has 0 aliphatic rings. The van der Waals surface area contributed by atoms with Gasteiger partial charge in [0, 0.05) is 23.5 Å². The first kappa shape index (κ1) is 26.5. The van der Waals surface area contributed by atoms with E-state index >= 15 is 0 Å². The molecule has 2 aromatic carbocycles. The third-order valence-corrected chi connectivity index (χ3v) is 4.63. The van der Waals surface area contributed by atoms with Crippen LogP contribution < -0.4 is 16.4 Å². The van der Waals surface area contributed by atoms with Crippen LogP contribution >= 0.6 is 36.4 Å². The molecule has 1 heterocycles. The smallest absolute Gasteiger partial charge is 0.185 e. The zero-order chi connectivity index (χ0) is 20.5. The lowest BCUT2D eigenvalue weighted by Crippen LogP contribution is -2.30. The standard InChI is InChI=1S/C22H25ClN6.2ClH/c23-17-11-8-16(9-12-17)10-13-20-28-19-7-3-2-6-18(19)21(29-20)26-14-4-1-5-15-27-22(24)25;;/h2-3,6-13H,1,4-5,14-15H2,(H4,24,25,27)(H,26,28,29);2*1H/b13-10+;;. The Kier molecular flexibility index (Phi) is 11.7. The number of hydrogen-bond acceptors (Lipinski definition) is 4. The average molecular weight is 482 g/mol. The lowest BCUT2D eigenvalue weighted by atomic mass is 10.2. The number of aromatic nitrogens is 2. The van der Waals surface area contributed by atoms with Crippen LogP contribution in [0.2, 0.25) is 5.02 Å². The van der Waals surface area contributed by atoms with E-state index in [2.05, 4.69) is 15.6 Å². The fraction of sp³-hybridized carbons (Fsp3) is 0.227. The molecule has 0 spiro atoms. The van der Waals surface area contributed by atoms with Gasteiger partial charge in [-0.1, -0.05) is 41.9 Å². The molecular formula is C22H27Cl3N6. The van der Waals surface area contributed by atoms with Gasteiger partial charge in [0.05, 0.1) is 5.52 Å². The van der Waals surface area contributed by atoms with Crippen LogP contribution in [0.15, 0.2) is 48.5 Å². The largest absolute Gasteiger partial charge is 0.370 e. The first-order chi connectivity index (χ1) is 14.1. The predicted octanol–water partition coefficient (Wildman–Crippen LogP) is 5.36. The summed E-state index contributed by atoms with van der Waals surface area (Å²) in [5.74, 6) is 1.52. The number of fused-ring (bicyclic) bond motifs is 1. The van der Waals surface area contributed by atoms with Gasteiger partial charge < -0.3 is 16.4 Å². The maximum atomic E-state index is 7.15. The van der Waals surface area contributed by atoms with E-state index in [0.717, 1.165) is 54.6 Å². The summed E-state index contributed by atoms with van der Waals surface area (Å²) in [5, 5.41) is 15.1. The minimum absolute atomic E-state index is 0. The molecule has 0 saturated heterocycles. The second-order valence-corrected chi connectivity index (χ2v) is 7.10. The topological polar surface area (TPSA) is 99.7 Å². The highest BCUT2D eigenvalue weighted by molar-refractivity contribution is 6.30. The molecular weight excluding hydrogens is 455 g/mol. The third kappa shape index (κ3) is 8.61. The van der Waals surface area contributed by atoms with E-state index < -0.39 is 0 Å². The van der Waals surface area contributed by atoms with Gasteiger partial charge in [-0.3, -0.25) is 5.41 Å². The van der Waals surface area contributed by atoms with Crippen molar-refractivity contribution in [1.29, 1.82) is 5.41 Å². The van der Waals surface area contributed by atoms with Crippen molar-refractivity contribution in [3.05, 3.63) is 64.9 Å². The van der Waals surface area contributed by atoms with E-state index in [-0.39, 0.29) is 30.8 Å². The van der Waals surface area contributed by atoms with Gasteiger partial charge in [-0.2, -0.15) is 0 Å². The summed E-state index contributed by atoms with van der Waals surface area (Å²) < 4.78 is 0. The van der Waals surface area contributed by atoms with Crippen molar-refractivity contribution in [2.75, 3.05) is 18.4 Å². The first-order valence-corrected chi connectivity index (χ1v) is 10.0. The maximum Gasteiger partial charge on any atom is 0.185 e. The summed E-state index contributed by atoms with van der Waals surface area (Å²) >= 11 is 5.94. The molecule has 0 radical (unpaired) electrons. The van der Waals surface area contributed by atoms with Gasteiger partial charge in [0.15, 0.2) is 11.8 Å². The Morgan fingerprint density at radius 2 is 1.65 bits per heavy atom. The van der Waals surface area contributed by atoms with E-state index in [1.165, 1.54) is 0 Å². The van der Waals surface area contributed by atoms with Gasteiger partial charge in [0.1, 0.15) is 5.82 Å². The summed E-state index contributed by atoms with van der Waals surface area (Å²) in [4.78, 5) is 9.35. The fourth-order valence-corrected chi connectivity index (χ4v) is 3.03. The lowest BCUT2D eigenvalue weighted by Gasteiger charge is -2.10. The van der Waals surface area contributed by atoms with E-state index in [1.54, 1.807) is 0 Å². The normalized spacial score (nSPS) is 10.4. The Balaban J connectivity index is 0.00000240. The number of halogens is 3. The minimum Gasteiger partial charge on any atom is -0.370 e. The first-order valence-electron chi connectivity index (χ1n) is 9.64. The Bertz CT molecular complexity index is 992. The molecule has 6 nitrogen and oxygen atoms in total. The molecule has 5 N–H and O–H groups in total. The summed E-state index contributed by atoms with van der Waals surface area (Å²) in [6.07, 6.45) is 6.91. The van der Waals surface area contributed by atoms with Crippen molar-refractivity contribution in [2.24, 2.45) is 5.73 Å². The Morgan fingerprint density at radius 3 is 2.39 bits per heavy atom. The monoisotopic (exact) mass is 480 g/mol. The Morgan fingerprint density at radius 1 is 0.935 bits per heavy atom. The van der Waals surface area contributed by atoms with Crippen molar-refractivity contribution >= 4 is 71.2 Å². The summed E-state index contributed by atoms with van der Waals surface area (Å²) in [5.41, 5.74) is 7.23. The number of anilines is 1. The van der Waals surface area contributed by atoms with Crippen LogP contribution in [0.4, 0.5) is 5.82 Å². The number of nitrogens with one attached hydrogen (secondary N) is 3. The van der Waals surface area contributed by atoms with Crippen LogP contribution in [0, 0.1) is 5.41 Å². The highest BCUT2D eigenvalue weighted by Crippen LogP contribution is 2.21. The number of nitrogens with two attached hydrogens (primary N) is 1. The van der Waals surface area contributed by atoms with Gasteiger partial charge in [0.2, 0.25) is 0 Å². The van der Waals surface area contributed by atoms with Crippen molar-refractivity contribution in [2.45, 2.75) is 19.3 Å². The number of unbranched alkanes of at least 4 members (excludes halogenated alkanes) is 2. The maximum absolute atomic E-state index is 7.15. The van der Waals surface area contributed by atoms with Crippen LogP contribution in [0.5, 0.6) is 0 Å². The van der Waals surface area contributed by atoms with Crippen LogP contribution in [-0.2, 0) is 0 Å². The number of benzene rings is 2. The number of nitrogens with zero attached hydrogens (tertiary/aromatic N) is 2. The average Bonchev–Trinajstić information content (AvgIpc) is 2.72. The van der Waals surface area contributed by atoms with Gasteiger partial charge in [0.25, 0.3) is 0 Å². The van der Waals surface area contributed by atoms with Crippen molar-refractivity contribution in [1.82, 2.24) is 15.3 Å². The molecule has 0 aliphatic heterocycles. The van der Waals surface area contributed by atoms with Crippen LogP contribution in [0.1, 0.15) is 30.7 Å². The van der Waals surface area contributed by atoms with Crippen molar-refractivity contribution < 1.29 is 0 Å². The molecule has 166 valence electrons. The molecule has 0 amide bonds. The van der Waals surface area contributed by atoms with E-state index in [0.29, 0.717) is 10.8 Å². The molecule has 0 unspecified atom stereocenters. The Labute approximate surface area is 200 Å². The third-order valence-electron chi connectivity index (χ3n) is 4.38. The van der Waals surface area contributed by atoms with E-state index in [9.17, 15) is 0 Å². The molecule has 0 saturated carbocycles. The summed E-state index contributed by atoms with van der Waals surface area (Å²) in [6.45, 7) is 1.55. The van der Waals surface area contributed by atoms with Gasteiger partial charge in [-0.15, -0.1) is 24.8 Å². The molecule has 0 aliphatic carbocycles. The quantitative estimate of drug-likeness (QED) is 0.187. The van der Waals surface area contributed by atoms with Crippen LogP contribution in [0.3, 0.4) is 0 Å². The highest BCUT2D eigenvalue weighted by atomic mass is 35.5. The second kappa shape index (κ2) is 13.7.